The van der Waals surface area contributed by atoms with E-state index in [0.29, 0.717) is 33.9 Å². The number of carbonyl (C=O) groups excluding carboxylic acids is 1. The molecule has 0 aromatic heterocycles. The summed E-state index contributed by atoms with van der Waals surface area (Å²) in [6.45, 7) is -0.550. The van der Waals surface area contributed by atoms with Gasteiger partial charge in [0.2, 0.25) is 12.5 Å². The fourth-order valence-corrected chi connectivity index (χ4v) is 4.66. The van der Waals surface area contributed by atoms with Crippen LogP contribution in [-0.2, 0) is 26.5 Å². The lowest BCUT2D eigenvalue weighted by Gasteiger charge is -2.26. The van der Waals surface area contributed by atoms with E-state index in [9.17, 15) is 14.7 Å². The lowest BCUT2D eigenvalue weighted by molar-refractivity contribution is -0.185. The zero-order chi connectivity index (χ0) is 28.4. The molecule has 0 fully saturated rings. The van der Waals surface area contributed by atoms with Crippen LogP contribution >= 0.6 is 0 Å². The fourth-order valence-electron chi connectivity index (χ4n) is 4.66. The summed E-state index contributed by atoms with van der Waals surface area (Å²) < 4.78 is 38.1. The molecule has 11 heteroatoms. The molecule has 0 radical (unpaired) electrons. The summed E-state index contributed by atoms with van der Waals surface area (Å²) in [6, 6.07) is 14.8. The van der Waals surface area contributed by atoms with Crippen molar-refractivity contribution in [1.29, 1.82) is 0 Å². The van der Waals surface area contributed by atoms with Gasteiger partial charge in [0.15, 0.2) is 29.6 Å². The van der Waals surface area contributed by atoms with Crippen LogP contribution in [0.5, 0.6) is 34.5 Å². The SMILES string of the molecule is COc1ccc(C2(O)OC(=O)C(c3ccc4c(c3)OCO4)=C2Cc2cc(OC)c(OCC(=O)O)c(OC)c2)cc1. The Kier molecular flexibility index (Phi) is 7.14. The Morgan fingerprint density at radius 3 is 2.23 bits per heavy atom. The van der Waals surface area contributed by atoms with E-state index >= 15 is 0 Å². The van der Waals surface area contributed by atoms with E-state index in [2.05, 4.69) is 0 Å². The minimum Gasteiger partial charge on any atom is -0.497 e. The third kappa shape index (κ3) is 4.82. The molecule has 2 heterocycles. The number of ether oxygens (including phenoxy) is 7. The molecule has 0 amide bonds. The van der Waals surface area contributed by atoms with E-state index in [1.54, 1.807) is 54.6 Å². The van der Waals surface area contributed by atoms with Crippen LogP contribution in [0, 0.1) is 0 Å². The van der Waals surface area contributed by atoms with Crippen molar-refractivity contribution in [2.75, 3.05) is 34.7 Å². The normalized spacial score (nSPS) is 17.4. The number of hydrogen-bond acceptors (Lipinski definition) is 10. The Labute approximate surface area is 229 Å². The highest BCUT2D eigenvalue weighted by Crippen LogP contribution is 2.48. The van der Waals surface area contributed by atoms with Crippen LogP contribution in [0.25, 0.3) is 5.57 Å². The van der Waals surface area contributed by atoms with Crippen LogP contribution in [0.4, 0.5) is 0 Å². The average Bonchev–Trinajstić information content (AvgIpc) is 3.53. The number of carboxylic acids is 1. The lowest BCUT2D eigenvalue weighted by atomic mass is 9.88. The molecule has 1 unspecified atom stereocenters. The van der Waals surface area contributed by atoms with Gasteiger partial charge in [0.1, 0.15) is 5.75 Å². The molecule has 3 aromatic carbocycles. The summed E-state index contributed by atoms with van der Waals surface area (Å²) in [5.41, 5.74) is 1.75. The number of fused-ring (bicyclic) bond motifs is 1. The number of benzene rings is 3. The zero-order valence-corrected chi connectivity index (χ0v) is 21.9. The van der Waals surface area contributed by atoms with Crippen LogP contribution in [0.15, 0.2) is 60.2 Å². The number of carbonyl (C=O) groups is 2. The number of aliphatic hydroxyl groups is 1. The van der Waals surface area contributed by atoms with E-state index in [1.807, 2.05) is 0 Å². The van der Waals surface area contributed by atoms with Crippen LogP contribution < -0.4 is 28.4 Å². The van der Waals surface area contributed by atoms with Crippen LogP contribution in [0.1, 0.15) is 16.7 Å². The molecule has 208 valence electrons. The molecule has 11 nitrogen and oxygen atoms in total. The van der Waals surface area contributed by atoms with Crippen LogP contribution in [-0.4, -0.2) is 56.9 Å². The van der Waals surface area contributed by atoms with E-state index < -0.39 is 24.3 Å². The molecule has 1 atom stereocenters. The highest BCUT2D eigenvalue weighted by atomic mass is 16.7. The van der Waals surface area contributed by atoms with Gasteiger partial charge in [-0.25, -0.2) is 9.59 Å². The summed E-state index contributed by atoms with van der Waals surface area (Å²) in [6.07, 6.45) is 0.0178. The van der Waals surface area contributed by atoms with Crippen LogP contribution in [0.2, 0.25) is 0 Å². The molecular weight excluding hydrogens is 524 g/mol. The van der Waals surface area contributed by atoms with Gasteiger partial charge in [-0.15, -0.1) is 0 Å². The van der Waals surface area contributed by atoms with E-state index in [-0.39, 0.29) is 41.6 Å². The van der Waals surface area contributed by atoms with Crippen molar-refractivity contribution >= 4 is 17.5 Å². The molecule has 2 aliphatic rings. The first-order valence-electron chi connectivity index (χ1n) is 12.1. The number of rotatable bonds is 10. The van der Waals surface area contributed by atoms with Gasteiger partial charge in [0.05, 0.1) is 26.9 Å². The number of methoxy groups -OCH3 is 3. The largest absolute Gasteiger partial charge is 0.497 e. The molecule has 0 aliphatic carbocycles. The van der Waals surface area contributed by atoms with Crippen molar-refractivity contribution in [3.63, 3.8) is 0 Å². The van der Waals surface area contributed by atoms with Gasteiger partial charge in [-0.05, 0) is 59.7 Å². The van der Waals surface area contributed by atoms with Crippen molar-refractivity contribution < 1.29 is 53.0 Å². The fraction of sp³-hybridized carbons (Fsp3) is 0.241. The first kappa shape index (κ1) is 26.7. The van der Waals surface area contributed by atoms with Gasteiger partial charge in [0.25, 0.3) is 5.79 Å². The van der Waals surface area contributed by atoms with Crippen LogP contribution in [0.3, 0.4) is 0 Å². The standard InChI is InChI=1S/C29H26O11/c1-34-19-7-5-18(6-8-19)29(33)20(26(28(32)40-29)17-4-9-21-22(13-17)39-15-38-21)10-16-11-23(35-2)27(24(12-16)36-3)37-14-25(30)31/h4-9,11-13,33H,10,14-15H2,1-3H3,(H,30,31). The van der Waals surface area contributed by atoms with E-state index in [4.69, 9.17) is 38.3 Å². The molecule has 2 N–H and O–H groups in total. The highest BCUT2D eigenvalue weighted by molar-refractivity contribution is 6.20. The second kappa shape index (κ2) is 10.7. The maximum atomic E-state index is 13.4. The third-order valence-corrected chi connectivity index (χ3v) is 6.54. The van der Waals surface area contributed by atoms with Gasteiger partial charge in [-0.3, -0.25) is 0 Å². The molecule has 0 bridgehead atoms. The average molecular weight is 551 g/mol. The minimum absolute atomic E-state index is 0.0178. The second-order valence-electron chi connectivity index (χ2n) is 8.87. The number of cyclic esters (lactones) is 1. The minimum atomic E-state index is -2.12. The van der Waals surface area contributed by atoms with Gasteiger partial charge in [0, 0.05) is 17.6 Å². The predicted molar refractivity (Wildman–Crippen MR) is 139 cm³/mol. The highest BCUT2D eigenvalue weighted by Gasteiger charge is 2.48. The lowest BCUT2D eigenvalue weighted by Crippen LogP contribution is -2.29. The Morgan fingerprint density at radius 1 is 0.925 bits per heavy atom. The molecule has 0 saturated heterocycles. The molecule has 5 rings (SSSR count). The topological polar surface area (TPSA) is 139 Å². The Hall–Kier alpha value is -4.90. The predicted octanol–water partition coefficient (Wildman–Crippen LogP) is 3.30. The quantitative estimate of drug-likeness (QED) is 0.360. The molecule has 0 spiro atoms. The van der Waals surface area contributed by atoms with Gasteiger partial charge >= 0.3 is 11.9 Å². The van der Waals surface area contributed by atoms with Gasteiger partial charge in [-0.1, -0.05) is 6.07 Å². The van der Waals surface area contributed by atoms with Gasteiger partial charge in [-0.2, -0.15) is 0 Å². The Bertz CT molecular complexity index is 1470. The van der Waals surface area contributed by atoms with Crippen molar-refractivity contribution in [3.05, 3.63) is 76.9 Å². The molecule has 40 heavy (non-hydrogen) atoms. The van der Waals surface area contributed by atoms with Crippen molar-refractivity contribution in [3.8, 4) is 34.5 Å². The second-order valence-corrected chi connectivity index (χ2v) is 8.87. The van der Waals surface area contributed by atoms with Crippen molar-refractivity contribution in [1.82, 2.24) is 0 Å². The maximum absolute atomic E-state index is 13.4. The first-order chi connectivity index (χ1) is 19.3. The smallest absolute Gasteiger partial charge is 0.342 e. The van der Waals surface area contributed by atoms with Crippen molar-refractivity contribution in [2.45, 2.75) is 12.2 Å². The Morgan fingerprint density at radius 2 is 1.60 bits per heavy atom. The Balaban J connectivity index is 1.65. The molecule has 2 aliphatic heterocycles. The molecule has 0 saturated carbocycles. The summed E-state index contributed by atoms with van der Waals surface area (Å²) in [5.74, 6) is -1.94. The summed E-state index contributed by atoms with van der Waals surface area (Å²) in [4.78, 5) is 24.5. The molecule has 3 aromatic rings. The molecular formula is C29H26O11. The number of esters is 1. The number of aliphatic carboxylic acids is 1. The van der Waals surface area contributed by atoms with E-state index in [1.165, 1.54) is 21.3 Å². The zero-order valence-electron chi connectivity index (χ0n) is 21.9. The summed E-state index contributed by atoms with van der Waals surface area (Å²) >= 11 is 0. The van der Waals surface area contributed by atoms with Gasteiger partial charge < -0.3 is 43.4 Å². The third-order valence-electron chi connectivity index (χ3n) is 6.54. The van der Waals surface area contributed by atoms with E-state index in [0.717, 1.165) is 0 Å². The first-order valence-corrected chi connectivity index (χ1v) is 12.1. The number of hydrogen-bond donors (Lipinski definition) is 2. The monoisotopic (exact) mass is 550 g/mol. The summed E-state index contributed by atoms with van der Waals surface area (Å²) in [5, 5.41) is 21.0. The summed E-state index contributed by atoms with van der Waals surface area (Å²) in [7, 11) is 4.33. The maximum Gasteiger partial charge on any atom is 0.342 e. The number of carboxylic acid groups (broad SMARTS) is 1. The van der Waals surface area contributed by atoms with Crippen molar-refractivity contribution in [2.24, 2.45) is 0 Å².